The number of aromatic nitrogens is 2. The van der Waals surface area contributed by atoms with E-state index in [0.29, 0.717) is 0 Å². The third-order valence-electron chi connectivity index (χ3n) is 21.6. The van der Waals surface area contributed by atoms with Crippen LogP contribution in [0.5, 0.6) is 0 Å². The number of hydrogen-bond acceptors (Lipinski definition) is 2. The third kappa shape index (κ3) is 6.86. The molecule has 2 aromatic heterocycles. The molecule has 4 heteroatoms. The van der Waals surface area contributed by atoms with Gasteiger partial charge < -0.3 is 18.9 Å². The molecule has 2 aliphatic carbocycles. The molecule has 0 saturated carbocycles. The average molecular weight is 1220 g/mol. The molecular weight excluding hydrogens is 1160 g/mol. The van der Waals surface area contributed by atoms with E-state index in [0.717, 1.165) is 67.1 Å². The van der Waals surface area contributed by atoms with Crippen molar-refractivity contribution in [3.8, 4) is 55.9 Å². The zero-order chi connectivity index (χ0) is 62.8. The molecule has 0 atom stereocenters. The first-order chi connectivity index (χ1) is 47.7. The molecular formula is C92H58N4. The van der Waals surface area contributed by atoms with Crippen molar-refractivity contribution < 1.29 is 0 Å². The highest BCUT2D eigenvalue weighted by Gasteiger charge is 2.55. The maximum Gasteiger partial charge on any atom is 0.0754 e. The van der Waals surface area contributed by atoms with Crippen molar-refractivity contribution >= 4 is 77.7 Å². The Morgan fingerprint density at radius 2 is 0.490 bits per heavy atom. The molecule has 0 saturated heterocycles. The second kappa shape index (κ2) is 20.0. The highest BCUT2D eigenvalue weighted by molar-refractivity contribution is 6.25. The first-order valence-corrected chi connectivity index (χ1v) is 33.4. The number of fused-ring (bicyclic) bond motifs is 26. The zero-order valence-corrected chi connectivity index (χ0v) is 52.3. The van der Waals surface area contributed by atoms with Crippen molar-refractivity contribution in [1.82, 2.24) is 9.13 Å². The molecule has 4 heterocycles. The first kappa shape index (κ1) is 53.1. The summed E-state index contributed by atoms with van der Waals surface area (Å²) in [6.07, 6.45) is 0. The van der Waals surface area contributed by atoms with Gasteiger partial charge in [-0.2, -0.15) is 0 Å². The maximum atomic E-state index is 2.61. The van der Waals surface area contributed by atoms with Crippen LogP contribution in [0.3, 0.4) is 0 Å². The summed E-state index contributed by atoms with van der Waals surface area (Å²) in [5.41, 5.74) is 32.2. The van der Waals surface area contributed by atoms with Crippen LogP contribution < -0.4 is 9.80 Å². The Hall–Kier alpha value is -12.5. The molecule has 4 nitrogen and oxygen atoms in total. The summed E-state index contributed by atoms with van der Waals surface area (Å²) in [6, 6.07) is 133. The topological polar surface area (TPSA) is 16.3 Å². The Morgan fingerprint density at radius 3 is 0.844 bits per heavy atom. The van der Waals surface area contributed by atoms with Crippen molar-refractivity contribution in [3.05, 3.63) is 396 Å². The van der Waals surface area contributed by atoms with Crippen molar-refractivity contribution in [2.45, 2.75) is 10.8 Å². The van der Waals surface area contributed by atoms with Crippen LogP contribution in [-0.4, -0.2) is 9.13 Å². The summed E-state index contributed by atoms with van der Waals surface area (Å²) in [6.45, 7) is 0. The fourth-order valence-electron chi connectivity index (χ4n) is 18.1. The van der Waals surface area contributed by atoms with E-state index in [-0.39, 0.29) is 0 Å². The van der Waals surface area contributed by atoms with Crippen LogP contribution in [0.1, 0.15) is 44.5 Å². The van der Waals surface area contributed by atoms with E-state index in [1.165, 1.54) is 111 Å². The van der Waals surface area contributed by atoms with Crippen LogP contribution in [0.25, 0.3) is 99.5 Å². The van der Waals surface area contributed by atoms with Crippen molar-refractivity contribution in [2.24, 2.45) is 0 Å². The molecule has 21 rings (SSSR count). The van der Waals surface area contributed by atoms with Gasteiger partial charge in [-0.25, -0.2) is 0 Å². The second-order valence-electron chi connectivity index (χ2n) is 26.1. The molecule has 17 aromatic rings. The molecule has 0 amide bonds. The maximum absolute atomic E-state index is 2.61. The van der Waals surface area contributed by atoms with Gasteiger partial charge in [0.15, 0.2) is 0 Å². The van der Waals surface area contributed by atoms with Gasteiger partial charge in [0.1, 0.15) is 0 Å². The molecule has 0 N–H and O–H groups in total. The van der Waals surface area contributed by atoms with E-state index in [1.54, 1.807) is 0 Å². The van der Waals surface area contributed by atoms with Gasteiger partial charge in [-0.15, -0.1) is 0 Å². The molecule has 4 aliphatic rings. The van der Waals surface area contributed by atoms with E-state index < -0.39 is 10.8 Å². The number of anilines is 6. The minimum absolute atomic E-state index is 0.692. The van der Waals surface area contributed by atoms with Crippen molar-refractivity contribution in [1.29, 1.82) is 0 Å². The number of para-hydroxylation sites is 8. The monoisotopic (exact) mass is 1220 g/mol. The molecule has 446 valence electrons. The van der Waals surface area contributed by atoms with Gasteiger partial charge >= 0.3 is 0 Å². The molecule has 2 spiro atoms. The summed E-state index contributed by atoms with van der Waals surface area (Å²) in [5.74, 6) is 0. The molecule has 15 aromatic carbocycles. The fraction of sp³-hybridized carbons (Fsp3) is 0.0217. The van der Waals surface area contributed by atoms with Gasteiger partial charge in [0.2, 0.25) is 0 Å². The van der Waals surface area contributed by atoms with Crippen LogP contribution in [0.4, 0.5) is 34.1 Å². The summed E-state index contributed by atoms with van der Waals surface area (Å²) in [4.78, 5) is 5.16. The minimum atomic E-state index is -0.692. The minimum Gasteiger partial charge on any atom is -0.309 e. The van der Waals surface area contributed by atoms with Crippen molar-refractivity contribution in [2.75, 3.05) is 9.80 Å². The van der Waals surface area contributed by atoms with Gasteiger partial charge in [-0.05, 0) is 163 Å². The lowest BCUT2D eigenvalue weighted by Gasteiger charge is -2.45. The largest absolute Gasteiger partial charge is 0.309 e. The van der Waals surface area contributed by atoms with Gasteiger partial charge in [0.05, 0.1) is 55.6 Å². The lowest BCUT2D eigenvalue weighted by atomic mass is 9.63. The summed E-state index contributed by atoms with van der Waals surface area (Å²) in [7, 11) is 0. The van der Waals surface area contributed by atoms with Crippen LogP contribution in [-0.2, 0) is 10.8 Å². The highest BCUT2D eigenvalue weighted by atomic mass is 15.2. The van der Waals surface area contributed by atoms with Crippen LogP contribution >= 0.6 is 0 Å². The number of nitrogens with zero attached hydrogens (tertiary/aromatic N) is 4. The van der Waals surface area contributed by atoms with Gasteiger partial charge in [0, 0.05) is 55.4 Å². The van der Waals surface area contributed by atoms with E-state index >= 15 is 0 Å². The molecule has 0 bridgehead atoms. The third-order valence-corrected chi connectivity index (χ3v) is 21.6. The van der Waals surface area contributed by atoms with Crippen molar-refractivity contribution in [3.63, 3.8) is 0 Å². The predicted molar refractivity (Wildman–Crippen MR) is 397 cm³/mol. The van der Waals surface area contributed by atoms with Crippen LogP contribution in [0.2, 0.25) is 0 Å². The molecule has 0 fully saturated rings. The van der Waals surface area contributed by atoms with Gasteiger partial charge in [-0.1, -0.05) is 267 Å². The fourth-order valence-corrected chi connectivity index (χ4v) is 18.1. The molecule has 2 aliphatic heterocycles. The number of benzene rings is 15. The predicted octanol–water partition coefficient (Wildman–Crippen LogP) is 23.5. The molecule has 0 radical (unpaired) electrons. The summed E-state index contributed by atoms with van der Waals surface area (Å²) in [5, 5.41) is 4.81. The second-order valence-corrected chi connectivity index (χ2v) is 26.1. The van der Waals surface area contributed by atoms with Gasteiger partial charge in [0.25, 0.3) is 0 Å². The lowest BCUT2D eigenvalue weighted by molar-refractivity contribution is 0.755. The summed E-state index contributed by atoms with van der Waals surface area (Å²) < 4.78 is 5.08. The lowest BCUT2D eigenvalue weighted by Crippen LogP contribution is -2.36. The normalized spacial score (nSPS) is 14.0. The van der Waals surface area contributed by atoms with Crippen LogP contribution in [0.15, 0.2) is 352 Å². The Bertz CT molecular complexity index is 5610. The average Bonchev–Trinajstić information content (AvgIpc) is 1.35. The SMILES string of the molecule is c1ccc(N2c3ccccc3C3(c4ccccc4-c4ccccc43)c3cc(-c4ccc(-c5cc6c(c7c8ccccc8n(-c8ccccc8)c57)N(c5ccccc5)c5ccccc5C65c6ccccc6-c6ccccc65)cc4)c4c(c32)c2ccccc2n4-c2ccccc2)cc1. The Labute approximate surface area is 556 Å². The zero-order valence-electron chi connectivity index (χ0n) is 52.3. The highest BCUT2D eigenvalue weighted by Crippen LogP contribution is 2.68. The quantitative estimate of drug-likeness (QED) is 0.165. The number of hydrogen-bond donors (Lipinski definition) is 0. The first-order valence-electron chi connectivity index (χ1n) is 33.4. The Morgan fingerprint density at radius 1 is 0.208 bits per heavy atom. The van der Waals surface area contributed by atoms with E-state index in [9.17, 15) is 0 Å². The van der Waals surface area contributed by atoms with E-state index in [2.05, 4.69) is 371 Å². The van der Waals surface area contributed by atoms with E-state index in [4.69, 9.17) is 0 Å². The Balaban J connectivity index is 0.906. The number of rotatable bonds is 6. The molecule has 0 unspecified atom stereocenters. The smallest absolute Gasteiger partial charge is 0.0754 e. The standard InChI is InChI=1S/C92H58N4/c1-5-29-61(30-6-1)93-81-49-25-17-41-69(81)85-87(93)71(57-79-89(85)95(63-33-9-3-10-34-63)83-51-27-23-47-77(83)91(79)73-43-19-13-37-65(73)66-38-14-20-44-74(66)91)59-53-55-60(56-54-59)72-58-80-90(86-70-42-18-26-50-82(70)94(88(72)86)62-31-7-2-8-32-62)96(64-35-11-4-12-36-64)84-52-28-24-48-78(84)92(80)75-45-21-15-39-67(75)68-40-16-22-46-76(68)92/h1-58H. The summed E-state index contributed by atoms with van der Waals surface area (Å²) >= 11 is 0. The van der Waals surface area contributed by atoms with Gasteiger partial charge in [-0.3, -0.25) is 0 Å². The van der Waals surface area contributed by atoms with E-state index in [1.807, 2.05) is 0 Å². The molecule has 96 heavy (non-hydrogen) atoms. The Kier molecular flexibility index (Phi) is 11.1. The van der Waals surface area contributed by atoms with Crippen LogP contribution in [0, 0.1) is 0 Å².